The fourth-order valence-corrected chi connectivity index (χ4v) is 5.19. The fourth-order valence-electron chi connectivity index (χ4n) is 3.47. The molecule has 28 heavy (non-hydrogen) atoms. The molecule has 0 saturated carbocycles. The van der Waals surface area contributed by atoms with Gasteiger partial charge in [-0.1, -0.05) is 41.4 Å². The van der Waals surface area contributed by atoms with E-state index < -0.39 is 22.0 Å². The van der Waals surface area contributed by atoms with Crippen molar-refractivity contribution in [1.82, 2.24) is 4.90 Å². The molecule has 1 saturated heterocycles. The third-order valence-corrected chi connectivity index (χ3v) is 6.86. The fraction of sp³-hybridized carbons (Fsp3) is 0.263. The number of esters is 1. The van der Waals surface area contributed by atoms with E-state index in [-0.39, 0.29) is 11.5 Å². The van der Waals surface area contributed by atoms with Crippen LogP contribution in [0.25, 0.3) is 0 Å². The molecule has 146 valence electrons. The SMILES string of the molecule is O=C(OCc1c(Cl)cccc1Cl)[C@@H]1CCCN1C1=NS(=O)(=O)c2ccccc21. The molecular formula is C19H16Cl2N2O4S. The summed E-state index contributed by atoms with van der Waals surface area (Å²) in [6.45, 7) is 0.471. The number of benzene rings is 2. The first-order valence-corrected chi connectivity index (χ1v) is 10.9. The number of nitrogens with zero attached hydrogens (tertiary/aromatic N) is 2. The molecule has 0 bridgehead atoms. The van der Waals surface area contributed by atoms with Crippen LogP contribution in [-0.2, 0) is 26.2 Å². The minimum absolute atomic E-state index is 0.0525. The Morgan fingerprint density at radius 3 is 2.61 bits per heavy atom. The van der Waals surface area contributed by atoms with Crippen LogP contribution >= 0.6 is 23.2 Å². The van der Waals surface area contributed by atoms with Crippen molar-refractivity contribution >= 4 is 45.0 Å². The van der Waals surface area contributed by atoms with E-state index in [9.17, 15) is 13.2 Å². The van der Waals surface area contributed by atoms with E-state index in [0.29, 0.717) is 40.0 Å². The van der Waals surface area contributed by atoms with E-state index in [2.05, 4.69) is 4.40 Å². The summed E-state index contributed by atoms with van der Waals surface area (Å²) in [5.41, 5.74) is 1.05. The van der Waals surface area contributed by atoms with Crippen LogP contribution in [-0.4, -0.2) is 37.7 Å². The molecule has 2 heterocycles. The highest BCUT2D eigenvalue weighted by molar-refractivity contribution is 7.90. The lowest BCUT2D eigenvalue weighted by Crippen LogP contribution is -2.41. The number of likely N-dealkylation sites (tertiary alicyclic amines) is 1. The van der Waals surface area contributed by atoms with Gasteiger partial charge in [0.05, 0.1) is 0 Å². The Bertz CT molecular complexity index is 1060. The van der Waals surface area contributed by atoms with Crippen molar-refractivity contribution in [1.29, 1.82) is 0 Å². The maximum absolute atomic E-state index is 12.7. The molecule has 4 rings (SSSR count). The summed E-state index contributed by atoms with van der Waals surface area (Å²) >= 11 is 12.2. The zero-order valence-corrected chi connectivity index (χ0v) is 17.0. The van der Waals surface area contributed by atoms with Gasteiger partial charge in [-0.3, -0.25) is 0 Å². The number of ether oxygens (including phenoxy) is 1. The van der Waals surface area contributed by atoms with Gasteiger partial charge in [0.2, 0.25) is 0 Å². The summed E-state index contributed by atoms with van der Waals surface area (Å²) in [6.07, 6.45) is 1.28. The third-order valence-electron chi connectivity index (χ3n) is 4.83. The molecule has 0 unspecified atom stereocenters. The van der Waals surface area contributed by atoms with Gasteiger partial charge in [-0.25, -0.2) is 4.79 Å². The Balaban J connectivity index is 1.55. The highest BCUT2D eigenvalue weighted by Crippen LogP contribution is 2.32. The monoisotopic (exact) mass is 438 g/mol. The molecule has 2 aromatic carbocycles. The average molecular weight is 439 g/mol. The van der Waals surface area contributed by atoms with Crippen molar-refractivity contribution in [3.63, 3.8) is 0 Å². The summed E-state index contributed by atoms with van der Waals surface area (Å²) in [7, 11) is -3.75. The number of sulfonamides is 1. The zero-order valence-electron chi connectivity index (χ0n) is 14.6. The molecule has 0 amide bonds. The second kappa shape index (κ2) is 7.39. The molecule has 0 aromatic heterocycles. The minimum Gasteiger partial charge on any atom is -0.459 e. The summed E-state index contributed by atoms with van der Waals surface area (Å²) in [5.74, 6) is -0.163. The summed E-state index contributed by atoms with van der Waals surface area (Å²) in [4.78, 5) is 14.6. The molecule has 0 N–H and O–H groups in total. The number of amidine groups is 1. The van der Waals surface area contributed by atoms with Crippen LogP contribution in [0.15, 0.2) is 51.8 Å². The van der Waals surface area contributed by atoms with Crippen LogP contribution in [0, 0.1) is 0 Å². The van der Waals surface area contributed by atoms with Crippen LogP contribution in [0.5, 0.6) is 0 Å². The van der Waals surface area contributed by atoms with E-state index in [0.717, 1.165) is 6.42 Å². The molecule has 0 spiro atoms. The Morgan fingerprint density at radius 2 is 1.86 bits per heavy atom. The molecule has 1 fully saturated rings. The third kappa shape index (κ3) is 3.38. The smallest absolute Gasteiger partial charge is 0.329 e. The van der Waals surface area contributed by atoms with Crippen molar-refractivity contribution in [2.45, 2.75) is 30.4 Å². The second-order valence-corrected chi connectivity index (χ2v) is 8.93. The Kier molecular flexibility index (Phi) is 5.07. The Morgan fingerprint density at radius 1 is 1.14 bits per heavy atom. The molecule has 2 aliphatic rings. The maximum Gasteiger partial charge on any atom is 0.329 e. The Hall–Kier alpha value is -2.09. The van der Waals surface area contributed by atoms with Gasteiger partial charge in [0.1, 0.15) is 17.5 Å². The van der Waals surface area contributed by atoms with Gasteiger partial charge in [0, 0.05) is 27.7 Å². The molecule has 2 aromatic rings. The van der Waals surface area contributed by atoms with Crippen LogP contribution in [0.3, 0.4) is 0 Å². The standard InChI is InChI=1S/C19H16Cl2N2O4S/c20-14-6-3-7-15(21)13(14)11-27-19(24)16-8-4-10-23(16)18-12-5-1-2-9-17(12)28(25,26)22-18/h1-3,5-7,9,16H,4,8,10-11H2/t16-/m0/s1. The van der Waals surface area contributed by atoms with Gasteiger partial charge in [-0.2, -0.15) is 8.42 Å². The topological polar surface area (TPSA) is 76.0 Å². The first kappa shape index (κ1) is 19.2. The van der Waals surface area contributed by atoms with Gasteiger partial charge >= 0.3 is 5.97 Å². The van der Waals surface area contributed by atoms with Crippen molar-refractivity contribution in [3.05, 3.63) is 63.6 Å². The number of hydrogen-bond donors (Lipinski definition) is 0. The first-order valence-electron chi connectivity index (χ1n) is 8.69. The van der Waals surface area contributed by atoms with Crippen molar-refractivity contribution in [3.8, 4) is 0 Å². The van der Waals surface area contributed by atoms with E-state index in [1.807, 2.05) is 0 Å². The predicted octanol–water partition coefficient (Wildman–Crippen LogP) is 3.65. The number of carbonyl (C=O) groups excluding carboxylic acids is 1. The molecule has 2 aliphatic heterocycles. The molecular weight excluding hydrogens is 423 g/mol. The quantitative estimate of drug-likeness (QED) is 0.683. The van der Waals surface area contributed by atoms with Crippen molar-refractivity contribution in [2.75, 3.05) is 6.54 Å². The minimum atomic E-state index is -3.75. The van der Waals surface area contributed by atoms with Gasteiger partial charge in [0.15, 0.2) is 5.84 Å². The molecule has 0 radical (unpaired) electrons. The molecule has 6 nitrogen and oxygen atoms in total. The lowest BCUT2D eigenvalue weighted by Gasteiger charge is -2.25. The normalized spacial score (nSPS) is 20.0. The Labute approximate surface area is 172 Å². The van der Waals surface area contributed by atoms with E-state index in [4.69, 9.17) is 27.9 Å². The van der Waals surface area contributed by atoms with Crippen molar-refractivity contribution < 1.29 is 17.9 Å². The van der Waals surface area contributed by atoms with Gasteiger partial charge in [-0.05, 0) is 37.1 Å². The van der Waals surface area contributed by atoms with E-state index in [1.54, 1.807) is 41.3 Å². The number of hydrogen-bond acceptors (Lipinski definition) is 5. The van der Waals surface area contributed by atoms with Crippen LogP contribution in [0.2, 0.25) is 10.0 Å². The molecule has 1 atom stereocenters. The predicted molar refractivity (Wildman–Crippen MR) is 106 cm³/mol. The molecule has 0 aliphatic carbocycles. The van der Waals surface area contributed by atoms with E-state index in [1.165, 1.54) is 6.07 Å². The second-order valence-electron chi connectivity index (χ2n) is 6.55. The number of rotatable bonds is 3. The lowest BCUT2D eigenvalue weighted by atomic mass is 10.1. The molecule has 9 heteroatoms. The highest BCUT2D eigenvalue weighted by Gasteiger charge is 2.39. The van der Waals surface area contributed by atoms with Gasteiger partial charge in [-0.15, -0.1) is 4.40 Å². The van der Waals surface area contributed by atoms with E-state index >= 15 is 0 Å². The van der Waals surface area contributed by atoms with Crippen molar-refractivity contribution in [2.24, 2.45) is 4.40 Å². The average Bonchev–Trinajstić information content (AvgIpc) is 3.24. The van der Waals surface area contributed by atoms with Crippen LogP contribution in [0.4, 0.5) is 0 Å². The summed E-state index contributed by atoms with van der Waals surface area (Å²) in [6, 6.07) is 11.1. The maximum atomic E-state index is 12.7. The summed E-state index contributed by atoms with van der Waals surface area (Å²) < 4.78 is 34.0. The summed E-state index contributed by atoms with van der Waals surface area (Å²) in [5, 5.41) is 0.840. The lowest BCUT2D eigenvalue weighted by molar-refractivity contribution is -0.149. The number of halogens is 2. The first-order chi connectivity index (χ1) is 13.4. The van der Waals surface area contributed by atoms with Crippen LogP contribution < -0.4 is 0 Å². The largest absolute Gasteiger partial charge is 0.459 e. The van der Waals surface area contributed by atoms with Gasteiger partial charge in [0.25, 0.3) is 10.0 Å². The van der Waals surface area contributed by atoms with Crippen LogP contribution in [0.1, 0.15) is 24.0 Å². The number of fused-ring (bicyclic) bond motifs is 1. The highest BCUT2D eigenvalue weighted by atomic mass is 35.5. The number of carbonyl (C=O) groups is 1. The zero-order chi connectivity index (χ0) is 19.9. The van der Waals surface area contributed by atoms with Gasteiger partial charge < -0.3 is 9.64 Å².